The summed E-state index contributed by atoms with van der Waals surface area (Å²) >= 11 is 0. The van der Waals surface area contributed by atoms with Gasteiger partial charge >= 0.3 is 12.1 Å². The van der Waals surface area contributed by atoms with Crippen LogP contribution in [-0.4, -0.2) is 35.3 Å². The Balaban J connectivity index is 1.13. The second kappa shape index (κ2) is 9.16. The number of fused-ring (bicyclic) bond motifs is 4. The van der Waals surface area contributed by atoms with E-state index in [1.54, 1.807) is 12.1 Å². The zero-order valence-corrected chi connectivity index (χ0v) is 18.3. The second-order valence-electron chi connectivity index (χ2n) is 8.09. The largest absolute Gasteiger partial charge is 0.477 e. The van der Waals surface area contributed by atoms with Crippen LogP contribution in [-0.2, 0) is 4.74 Å². The molecule has 0 saturated heterocycles. The fourth-order valence-corrected chi connectivity index (χ4v) is 4.37. The number of hydrogen-bond acceptors (Lipinski definition) is 3. The Morgan fingerprint density at radius 1 is 0.971 bits per heavy atom. The molecule has 0 bridgehead atoms. The highest BCUT2D eigenvalue weighted by Crippen LogP contribution is 2.44. The summed E-state index contributed by atoms with van der Waals surface area (Å²) in [6.07, 6.45) is 0.00838. The highest BCUT2D eigenvalue weighted by molar-refractivity contribution is 5.94. The number of ether oxygens (including phenoxy) is 1. The van der Waals surface area contributed by atoms with E-state index in [0.29, 0.717) is 13.0 Å². The number of aromatic amines is 1. The molecule has 4 aromatic rings. The second-order valence-corrected chi connectivity index (χ2v) is 8.09. The number of carbonyl (C=O) groups excluding carboxylic acids is 1. The summed E-state index contributed by atoms with van der Waals surface area (Å²) in [7, 11) is 0. The first-order chi connectivity index (χ1) is 16.6. The quantitative estimate of drug-likeness (QED) is 0.290. The molecule has 5 rings (SSSR count). The van der Waals surface area contributed by atoms with Crippen LogP contribution >= 0.6 is 0 Å². The topological polar surface area (TPSA) is 91.4 Å². The molecule has 0 spiro atoms. The lowest BCUT2D eigenvalue weighted by Gasteiger charge is -2.14. The van der Waals surface area contributed by atoms with Gasteiger partial charge in [0.25, 0.3) is 0 Å². The van der Waals surface area contributed by atoms with Crippen molar-refractivity contribution in [2.75, 3.05) is 13.2 Å². The molecule has 0 saturated carbocycles. The number of carboxylic acid groups (broad SMARTS) is 1. The maximum atomic E-state index is 12.2. The predicted octanol–water partition coefficient (Wildman–Crippen LogP) is 5.15. The first kappa shape index (κ1) is 21.4. The Morgan fingerprint density at radius 3 is 2.38 bits per heavy atom. The molecule has 3 aromatic carbocycles. The minimum absolute atomic E-state index is 0.0305. The van der Waals surface area contributed by atoms with Crippen LogP contribution in [0.2, 0.25) is 0 Å². The van der Waals surface area contributed by atoms with Gasteiger partial charge in [-0.05, 0) is 46.5 Å². The fraction of sp³-hybridized carbons (Fsp3) is 0.143. The van der Waals surface area contributed by atoms with Gasteiger partial charge in [-0.3, -0.25) is 0 Å². The van der Waals surface area contributed by atoms with E-state index in [9.17, 15) is 9.59 Å². The minimum Gasteiger partial charge on any atom is -0.477 e. The molecule has 6 heteroatoms. The van der Waals surface area contributed by atoms with Gasteiger partial charge < -0.3 is 20.1 Å². The maximum Gasteiger partial charge on any atom is 0.407 e. The third kappa shape index (κ3) is 4.24. The Morgan fingerprint density at radius 2 is 1.68 bits per heavy atom. The number of nitrogens with one attached hydrogen (secondary N) is 2. The minimum atomic E-state index is -0.997. The number of alkyl carbamates (subject to hydrolysis) is 1. The SMILES string of the molecule is O=C(NCCC#Cc1ccc2[nH]c(C(=O)O)cc2c1)OCC1c2ccccc2-c2ccccc21. The van der Waals surface area contributed by atoms with Gasteiger partial charge in [0.2, 0.25) is 0 Å². The summed E-state index contributed by atoms with van der Waals surface area (Å²) < 4.78 is 5.52. The highest BCUT2D eigenvalue weighted by atomic mass is 16.5. The maximum absolute atomic E-state index is 12.2. The number of carboxylic acids is 1. The van der Waals surface area contributed by atoms with Crippen LogP contribution in [0, 0.1) is 11.8 Å². The lowest BCUT2D eigenvalue weighted by Crippen LogP contribution is -2.26. The molecule has 0 atom stereocenters. The van der Waals surface area contributed by atoms with E-state index in [4.69, 9.17) is 9.84 Å². The molecule has 1 heterocycles. The molecule has 0 fully saturated rings. The van der Waals surface area contributed by atoms with Crippen LogP contribution < -0.4 is 5.32 Å². The number of H-pyrrole nitrogens is 1. The van der Waals surface area contributed by atoms with Crippen molar-refractivity contribution >= 4 is 23.0 Å². The van der Waals surface area contributed by atoms with Crippen LogP contribution in [0.15, 0.2) is 72.8 Å². The average molecular weight is 450 g/mol. The molecular weight excluding hydrogens is 428 g/mol. The Kier molecular flexibility index (Phi) is 5.75. The van der Waals surface area contributed by atoms with Gasteiger partial charge in [-0.25, -0.2) is 9.59 Å². The van der Waals surface area contributed by atoms with Gasteiger partial charge in [-0.1, -0.05) is 60.4 Å². The third-order valence-corrected chi connectivity index (χ3v) is 5.95. The summed E-state index contributed by atoms with van der Waals surface area (Å²) in [6, 6.07) is 23.5. The molecule has 6 nitrogen and oxygen atoms in total. The van der Waals surface area contributed by atoms with Crippen molar-refractivity contribution in [3.63, 3.8) is 0 Å². The molecule has 1 aromatic heterocycles. The number of hydrogen-bond donors (Lipinski definition) is 3. The molecule has 0 unspecified atom stereocenters. The van der Waals surface area contributed by atoms with Gasteiger partial charge in [-0.2, -0.15) is 0 Å². The molecule has 1 aliphatic carbocycles. The molecule has 3 N–H and O–H groups in total. The number of aromatic carboxylic acids is 1. The van der Waals surface area contributed by atoms with E-state index in [1.807, 2.05) is 36.4 Å². The van der Waals surface area contributed by atoms with Crippen molar-refractivity contribution in [2.24, 2.45) is 0 Å². The van der Waals surface area contributed by atoms with Gasteiger partial charge in [0, 0.05) is 35.3 Å². The first-order valence-electron chi connectivity index (χ1n) is 11.0. The smallest absolute Gasteiger partial charge is 0.407 e. The van der Waals surface area contributed by atoms with E-state index >= 15 is 0 Å². The van der Waals surface area contributed by atoms with Crippen LogP contribution in [0.25, 0.3) is 22.0 Å². The molecule has 34 heavy (non-hydrogen) atoms. The highest BCUT2D eigenvalue weighted by Gasteiger charge is 2.28. The van der Waals surface area contributed by atoms with E-state index in [1.165, 1.54) is 22.3 Å². The number of aromatic nitrogens is 1. The van der Waals surface area contributed by atoms with E-state index in [-0.39, 0.29) is 18.2 Å². The van der Waals surface area contributed by atoms with Gasteiger partial charge in [0.1, 0.15) is 12.3 Å². The Bertz CT molecular complexity index is 1410. The lowest BCUT2D eigenvalue weighted by molar-refractivity contribution is 0.0691. The van der Waals surface area contributed by atoms with Crippen LogP contribution in [0.4, 0.5) is 4.79 Å². The fourth-order valence-electron chi connectivity index (χ4n) is 4.37. The molecular formula is C28H22N2O4. The summed E-state index contributed by atoms with van der Waals surface area (Å²) in [5.74, 6) is 5.11. The van der Waals surface area contributed by atoms with E-state index < -0.39 is 12.1 Å². The van der Waals surface area contributed by atoms with Crippen LogP contribution in [0.3, 0.4) is 0 Å². The van der Waals surface area contributed by atoms with Crippen molar-refractivity contribution in [2.45, 2.75) is 12.3 Å². The Hall–Kier alpha value is -4.50. The van der Waals surface area contributed by atoms with Crippen molar-refractivity contribution in [3.8, 4) is 23.0 Å². The Labute approximate surface area is 196 Å². The summed E-state index contributed by atoms with van der Waals surface area (Å²) in [6.45, 7) is 0.653. The van der Waals surface area contributed by atoms with Crippen LogP contribution in [0.1, 0.15) is 39.5 Å². The zero-order valence-electron chi connectivity index (χ0n) is 18.3. The predicted molar refractivity (Wildman–Crippen MR) is 130 cm³/mol. The van der Waals surface area contributed by atoms with Crippen molar-refractivity contribution in [3.05, 3.63) is 95.2 Å². The molecule has 0 aliphatic heterocycles. The number of benzene rings is 3. The van der Waals surface area contributed by atoms with Crippen molar-refractivity contribution in [1.82, 2.24) is 10.3 Å². The molecule has 0 radical (unpaired) electrons. The van der Waals surface area contributed by atoms with Gasteiger partial charge in [0.05, 0.1) is 0 Å². The number of rotatable bonds is 5. The standard InChI is InChI=1S/C28H22N2O4/c31-27(32)26-16-19-15-18(12-13-25(19)30-26)7-5-6-14-29-28(33)34-17-24-22-10-3-1-8-20(22)21-9-2-4-11-23(21)24/h1-4,8-13,15-16,24,30H,6,14,17H2,(H,29,33)(H,31,32). The normalized spacial score (nSPS) is 11.9. The summed E-state index contributed by atoms with van der Waals surface area (Å²) in [5, 5.41) is 12.6. The van der Waals surface area contributed by atoms with E-state index in [2.05, 4.69) is 46.4 Å². The lowest BCUT2D eigenvalue weighted by atomic mass is 9.98. The van der Waals surface area contributed by atoms with Crippen LogP contribution in [0.5, 0.6) is 0 Å². The summed E-state index contributed by atoms with van der Waals surface area (Å²) in [5.41, 5.74) is 6.42. The zero-order chi connectivity index (χ0) is 23.5. The average Bonchev–Trinajstić information content (AvgIpc) is 3.42. The van der Waals surface area contributed by atoms with E-state index in [0.717, 1.165) is 16.5 Å². The van der Waals surface area contributed by atoms with Gasteiger partial charge in [-0.15, -0.1) is 0 Å². The first-order valence-corrected chi connectivity index (χ1v) is 11.0. The monoisotopic (exact) mass is 450 g/mol. The number of amides is 1. The van der Waals surface area contributed by atoms with Crippen molar-refractivity contribution < 1.29 is 19.4 Å². The van der Waals surface area contributed by atoms with Crippen molar-refractivity contribution in [1.29, 1.82) is 0 Å². The third-order valence-electron chi connectivity index (χ3n) is 5.95. The van der Waals surface area contributed by atoms with Gasteiger partial charge in [0.15, 0.2) is 0 Å². The number of carbonyl (C=O) groups is 2. The molecule has 168 valence electrons. The molecule has 1 aliphatic rings. The molecule has 1 amide bonds. The summed E-state index contributed by atoms with van der Waals surface area (Å²) in [4.78, 5) is 26.2.